The maximum Gasteiger partial charge on any atom is 0.250 e. The molecule has 1 amide bonds. The monoisotopic (exact) mass is 425 g/mol. The lowest BCUT2D eigenvalue weighted by atomic mass is 10.2. The van der Waals surface area contributed by atoms with Crippen LogP contribution in [0.4, 0.5) is 5.69 Å². The molecule has 148 valence electrons. The molecular weight excluding hydrogens is 406 g/mol. The number of thiophene rings is 1. The lowest BCUT2D eigenvalue weighted by Gasteiger charge is -2.26. The summed E-state index contributed by atoms with van der Waals surface area (Å²) in [6.45, 7) is 4.13. The lowest BCUT2D eigenvalue weighted by molar-refractivity contribution is -0.118. The topological polar surface area (TPSA) is 96.2 Å². The molecule has 0 radical (unpaired) electrons. The molecule has 0 atom stereocenters. The van der Waals surface area contributed by atoms with Crippen molar-refractivity contribution in [1.82, 2.24) is 5.43 Å². The Balaban J connectivity index is 1.68. The minimum Gasteiger partial charge on any atom is -0.463 e. The first-order valence-corrected chi connectivity index (χ1v) is 10.4. The number of para-hydroxylation sites is 1. The van der Waals surface area contributed by atoms with Crippen LogP contribution in [-0.2, 0) is 4.79 Å². The van der Waals surface area contributed by atoms with E-state index in [1.807, 2.05) is 52.7 Å². The molecule has 2 aromatic heterocycles. The van der Waals surface area contributed by atoms with Gasteiger partial charge in [0.2, 0.25) is 5.91 Å². The molecule has 0 spiro atoms. The number of nitrogens with two attached hydrogens (primary N) is 1. The third-order valence-electron chi connectivity index (χ3n) is 3.63. The summed E-state index contributed by atoms with van der Waals surface area (Å²) in [6.07, 6.45) is 2.97. The van der Waals surface area contributed by atoms with E-state index in [4.69, 9.17) is 10.3 Å². The molecule has 3 aromatic rings. The van der Waals surface area contributed by atoms with Gasteiger partial charge in [0.1, 0.15) is 5.76 Å². The summed E-state index contributed by atoms with van der Waals surface area (Å²) >= 11 is 2.79. The number of furan rings is 1. The summed E-state index contributed by atoms with van der Waals surface area (Å²) in [6, 6.07) is 16.9. The van der Waals surface area contributed by atoms with Crippen molar-refractivity contribution in [3.05, 3.63) is 88.5 Å². The van der Waals surface area contributed by atoms with Gasteiger partial charge in [0.25, 0.3) is 0 Å². The molecule has 3 N–H and O–H groups in total. The Morgan fingerprint density at radius 1 is 1.24 bits per heavy atom. The summed E-state index contributed by atoms with van der Waals surface area (Å²) in [4.78, 5) is 14.8. The minimum absolute atomic E-state index is 0.125. The zero-order chi connectivity index (χ0) is 20.5. The summed E-state index contributed by atoms with van der Waals surface area (Å²) in [5.41, 5.74) is 3.31. The average molecular weight is 426 g/mol. The molecule has 7 nitrogen and oxygen atoms in total. The van der Waals surface area contributed by atoms with Crippen LogP contribution in [0.5, 0.6) is 0 Å². The second-order valence-electron chi connectivity index (χ2n) is 5.59. The van der Waals surface area contributed by atoms with E-state index in [2.05, 4.69) is 22.2 Å². The summed E-state index contributed by atoms with van der Waals surface area (Å²) < 4.78 is 5.12. The molecule has 0 fully saturated rings. The summed E-state index contributed by atoms with van der Waals surface area (Å²) in [5, 5.41) is 10.4. The molecule has 0 aliphatic rings. The lowest BCUT2D eigenvalue weighted by Crippen LogP contribution is -2.31. The van der Waals surface area contributed by atoms with Crippen molar-refractivity contribution >= 4 is 46.7 Å². The number of anilines is 1. The highest BCUT2D eigenvalue weighted by Crippen LogP contribution is 2.29. The van der Waals surface area contributed by atoms with Gasteiger partial charge in [0.05, 0.1) is 28.1 Å². The van der Waals surface area contributed by atoms with Crippen LogP contribution in [0.15, 0.2) is 92.5 Å². The number of benzene rings is 1. The van der Waals surface area contributed by atoms with E-state index in [0.29, 0.717) is 16.6 Å². The molecular formula is C20H19N5O2S2. The largest absolute Gasteiger partial charge is 0.463 e. The van der Waals surface area contributed by atoms with Gasteiger partial charge in [-0.25, -0.2) is 5.43 Å². The number of carbonyl (C=O) groups excluding carboxylic acids is 1. The van der Waals surface area contributed by atoms with E-state index < -0.39 is 0 Å². The number of amidine groups is 1. The van der Waals surface area contributed by atoms with Crippen molar-refractivity contribution in [1.29, 1.82) is 0 Å². The zero-order valence-corrected chi connectivity index (χ0v) is 17.0. The Morgan fingerprint density at radius 3 is 2.72 bits per heavy atom. The molecule has 0 aliphatic carbocycles. The zero-order valence-electron chi connectivity index (χ0n) is 15.4. The van der Waals surface area contributed by atoms with E-state index in [0.717, 1.165) is 10.6 Å². The van der Waals surface area contributed by atoms with Crippen LogP contribution in [0.25, 0.3) is 0 Å². The summed E-state index contributed by atoms with van der Waals surface area (Å²) in [5.74, 6) is 6.67. The highest BCUT2D eigenvalue weighted by molar-refractivity contribution is 8.03. The highest BCUT2D eigenvalue weighted by Gasteiger charge is 2.20. The van der Waals surface area contributed by atoms with Crippen molar-refractivity contribution in [3.8, 4) is 0 Å². The molecule has 29 heavy (non-hydrogen) atoms. The van der Waals surface area contributed by atoms with Crippen LogP contribution in [-0.4, -0.2) is 23.7 Å². The molecule has 0 saturated carbocycles. The fraction of sp³-hybridized carbons (Fsp3) is 0.0500. The molecule has 0 aliphatic heterocycles. The Hall–Kier alpha value is -3.30. The first-order valence-electron chi connectivity index (χ1n) is 8.53. The number of rotatable bonds is 8. The molecule has 0 bridgehead atoms. The third-order valence-corrected chi connectivity index (χ3v) is 5.42. The van der Waals surface area contributed by atoms with Gasteiger partial charge >= 0.3 is 0 Å². The third kappa shape index (κ3) is 5.59. The van der Waals surface area contributed by atoms with Gasteiger partial charge in [-0.05, 0) is 35.7 Å². The van der Waals surface area contributed by atoms with Gasteiger partial charge < -0.3 is 10.3 Å². The van der Waals surface area contributed by atoms with E-state index in [1.54, 1.807) is 12.1 Å². The standard InChI is InChI=1S/C20H19N5O2S2/c1-15(29-14-19(26)24-22-13-17-9-5-11-27-17)25(16-7-3-2-4-8-16)20(23-21)18-10-6-12-28-18/h2-13H,1,14,21H2,(H,24,26)/b22-13+,23-20-. The van der Waals surface area contributed by atoms with Gasteiger partial charge in [-0.2, -0.15) is 10.2 Å². The van der Waals surface area contributed by atoms with E-state index >= 15 is 0 Å². The van der Waals surface area contributed by atoms with Crippen LogP contribution < -0.4 is 16.2 Å². The van der Waals surface area contributed by atoms with Crippen LogP contribution in [0, 0.1) is 0 Å². The van der Waals surface area contributed by atoms with E-state index in [-0.39, 0.29) is 11.7 Å². The smallest absolute Gasteiger partial charge is 0.250 e. The predicted octanol–water partition coefficient (Wildman–Crippen LogP) is 3.82. The van der Waals surface area contributed by atoms with Crippen molar-refractivity contribution in [2.24, 2.45) is 16.0 Å². The van der Waals surface area contributed by atoms with Gasteiger partial charge in [-0.1, -0.05) is 42.6 Å². The molecule has 9 heteroatoms. The van der Waals surface area contributed by atoms with Crippen LogP contribution in [0.3, 0.4) is 0 Å². The Labute approximate surface area is 176 Å². The van der Waals surface area contributed by atoms with Crippen LogP contribution in [0.2, 0.25) is 0 Å². The number of thioether (sulfide) groups is 1. The predicted molar refractivity (Wildman–Crippen MR) is 120 cm³/mol. The Kier molecular flexibility index (Phi) is 7.26. The quantitative estimate of drug-likeness (QED) is 0.248. The fourth-order valence-corrected chi connectivity index (χ4v) is 3.77. The number of hydrogen-bond acceptors (Lipinski definition) is 7. The van der Waals surface area contributed by atoms with Gasteiger partial charge in [0.15, 0.2) is 5.84 Å². The minimum atomic E-state index is -0.269. The number of amides is 1. The van der Waals surface area contributed by atoms with Gasteiger partial charge in [-0.15, -0.1) is 11.3 Å². The van der Waals surface area contributed by atoms with Crippen molar-refractivity contribution in [3.63, 3.8) is 0 Å². The first-order chi connectivity index (χ1) is 14.2. The molecule has 3 rings (SSSR count). The highest BCUT2D eigenvalue weighted by atomic mass is 32.2. The summed E-state index contributed by atoms with van der Waals surface area (Å²) in [7, 11) is 0. The number of hydrogen-bond donors (Lipinski definition) is 2. The van der Waals surface area contributed by atoms with E-state index in [1.165, 1.54) is 35.6 Å². The molecule has 1 aromatic carbocycles. The van der Waals surface area contributed by atoms with Crippen molar-refractivity contribution in [2.45, 2.75) is 0 Å². The number of hydrazone groups is 2. The maximum absolute atomic E-state index is 12.1. The van der Waals surface area contributed by atoms with Gasteiger partial charge in [0, 0.05) is 5.69 Å². The van der Waals surface area contributed by atoms with Crippen LogP contribution >= 0.6 is 23.1 Å². The SMILES string of the molecule is C=C(SCC(=O)N/N=C/c1ccco1)N(/C(=N\N)c1cccs1)c1ccccc1. The maximum atomic E-state index is 12.1. The second kappa shape index (κ2) is 10.3. The normalized spacial score (nSPS) is 11.5. The number of carbonyl (C=O) groups is 1. The fourth-order valence-electron chi connectivity index (χ4n) is 2.38. The second-order valence-corrected chi connectivity index (χ2v) is 7.59. The Bertz CT molecular complexity index is 983. The van der Waals surface area contributed by atoms with Crippen LogP contribution in [0.1, 0.15) is 10.6 Å². The van der Waals surface area contributed by atoms with Crippen molar-refractivity contribution < 1.29 is 9.21 Å². The van der Waals surface area contributed by atoms with E-state index in [9.17, 15) is 4.79 Å². The average Bonchev–Trinajstić information content (AvgIpc) is 3.45. The van der Waals surface area contributed by atoms with Crippen molar-refractivity contribution in [2.75, 3.05) is 10.7 Å². The molecule has 0 saturated heterocycles. The molecule has 0 unspecified atom stereocenters. The first kappa shape index (κ1) is 20.4. The number of nitrogens with zero attached hydrogens (tertiary/aromatic N) is 3. The number of nitrogens with one attached hydrogen (secondary N) is 1. The van der Waals surface area contributed by atoms with Gasteiger partial charge in [-0.3, -0.25) is 9.69 Å². The molecule has 2 heterocycles. The Morgan fingerprint density at radius 2 is 2.07 bits per heavy atom.